The molecule has 0 aromatic heterocycles. The van der Waals surface area contributed by atoms with Gasteiger partial charge in [-0.3, -0.25) is 0 Å². The van der Waals surface area contributed by atoms with Crippen LogP contribution in [0.15, 0.2) is 36.5 Å². The van der Waals surface area contributed by atoms with E-state index in [9.17, 15) is 5.11 Å². The molecule has 0 aromatic carbocycles. The highest BCUT2D eigenvalue weighted by Gasteiger charge is 2.67. The van der Waals surface area contributed by atoms with Crippen molar-refractivity contribution in [2.45, 2.75) is 203 Å². The second kappa shape index (κ2) is 14.9. The van der Waals surface area contributed by atoms with Crippen molar-refractivity contribution in [1.82, 2.24) is 0 Å². The summed E-state index contributed by atoms with van der Waals surface area (Å²) < 4.78 is 47.6. The first kappa shape index (κ1) is 36.9. The molecule has 1 spiro atoms. The Bertz CT molecular complexity index is 1300. The molecule has 8 nitrogen and oxygen atoms in total. The first-order valence-corrected chi connectivity index (χ1v) is 20.8. The lowest BCUT2D eigenvalue weighted by atomic mass is 9.78. The zero-order valence-corrected chi connectivity index (χ0v) is 32.0. The average Bonchev–Trinajstić information content (AvgIpc) is 3.76. The van der Waals surface area contributed by atoms with Crippen molar-refractivity contribution in [1.29, 1.82) is 0 Å². The standard InChI is InChI=1S/C43H66O8/c1-8-23(2)17-35-27(6)32-20-29(44)11-9-10-12-34-28(7)39-41-42(48-34)40-38(49-41)22-43(50-39,51-40)16-15-31-19-25(4)33(45-31)14-13-30-18-24(3)26(5)36(46-30)21-37(32)47-35/h9-10,23-24,27-42,44H,4-5,8,11-22H2,1-3,6-7H3/b10-9+/t23-,24-,27-,28?,29?,30?,31?,32-,33+,34+,35-,36-,37?,38-,39+,40+,41+,42+,43-/m1/s1. The molecular weight excluding hydrogens is 644 g/mol. The van der Waals surface area contributed by atoms with Crippen LogP contribution in [0.5, 0.6) is 0 Å². The molecule has 286 valence electrons. The van der Waals surface area contributed by atoms with Crippen LogP contribution >= 0.6 is 0 Å². The maximum absolute atomic E-state index is 11.5. The smallest absolute Gasteiger partial charge is 0.172 e. The Kier molecular flexibility index (Phi) is 10.7. The van der Waals surface area contributed by atoms with Gasteiger partial charge < -0.3 is 38.3 Å². The topological polar surface area (TPSA) is 84.8 Å². The Morgan fingerprint density at radius 3 is 2.35 bits per heavy atom. The molecule has 1 N–H and O–H groups in total. The number of rotatable bonds is 3. The molecule has 9 aliphatic heterocycles. The van der Waals surface area contributed by atoms with Crippen LogP contribution < -0.4 is 0 Å². The highest BCUT2D eigenvalue weighted by atomic mass is 16.8. The molecule has 0 aliphatic carbocycles. The Labute approximate surface area is 307 Å². The van der Waals surface area contributed by atoms with Gasteiger partial charge in [-0.1, -0.05) is 66.3 Å². The van der Waals surface area contributed by atoms with Gasteiger partial charge >= 0.3 is 0 Å². The quantitative estimate of drug-likeness (QED) is 0.300. The summed E-state index contributed by atoms with van der Waals surface area (Å²) in [4.78, 5) is 0. The van der Waals surface area contributed by atoms with Gasteiger partial charge in [-0.25, -0.2) is 0 Å². The minimum absolute atomic E-state index is 0.0146. The van der Waals surface area contributed by atoms with E-state index in [0.717, 1.165) is 77.0 Å². The molecule has 8 fully saturated rings. The van der Waals surface area contributed by atoms with Gasteiger partial charge in [0.25, 0.3) is 0 Å². The fourth-order valence-corrected chi connectivity index (χ4v) is 11.1. The molecule has 9 rings (SSSR count). The summed E-state index contributed by atoms with van der Waals surface area (Å²) in [7, 11) is 0. The van der Waals surface area contributed by atoms with Crippen molar-refractivity contribution in [3.8, 4) is 0 Å². The van der Waals surface area contributed by atoms with E-state index in [1.807, 2.05) is 0 Å². The van der Waals surface area contributed by atoms with Gasteiger partial charge in [0.05, 0.1) is 61.0 Å². The molecule has 51 heavy (non-hydrogen) atoms. The van der Waals surface area contributed by atoms with Crippen LogP contribution in [-0.4, -0.2) is 90.2 Å². The Hall–Kier alpha value is -1.10. The molecule has 9 aliphatic rings. The fraction of sp³-hybridized carbons (Fsp3) is 0.860. The summed E-state index contributed by atoms with van der Waals surface area (Å²) in [5, 5.41) is 11.5. The predicted molar refractivity (Wildman–Crippen MR) is 195 cm³/mol. The van der Waals surface area contributed by atoms with Gasteiger partial charge in [-0.05, 0) is 92.6 Å². The molecule has 8 heteroatoms. The largest absolute Gasteiger partial charge is 0.393 e. The van der Waals surface area contributed by atoms with E-state index >= 15 is 0 Å². The molecule has 19 atom stereocenters. The van der Waals surface area contributed by atoms with Gasteiger partial charge in [0, 0.05) is 25.2 Å². The van der Waals surface area contributed by atoms with Gasteiger partial charge in [0.2, 0.25) is 0 Å². The Morgan fingerprint density at radius 1 is 0.784 bits per heavy atom. The second-order valence-corrected chi connectivity index (χ2v) is 18.2. The predicted octanol–water partition coefficient (Wildman–Crippen LogP) is 7.61. The normalized spacial score (nSPS) is 52.9. The van der Waals surface area contributed by atoms with E-state index in [1.54, 1.807) is 0 Å². The molecule has 9 heterocycles. The molecule has 0 saturated carbocycles. The van der Waals surface area contributed by atoms with Crippen LogP contribution in [0.1, 0.15) is 118 Å². The Morgan fingerprint density at radius 2 is 1.53 bits per heavy atom. The van der Waals surface area contributed by atoms with Crippen molar-refractivity contribution in [2.75, 3.05) is 0 Å². The second-order valence-electron chi connectivity index (χ2n) is 18.2. The fourth-order valence-electron chi connectivity index (χ4n) is 11.1. The summed E-state index contributed by atoms with van der Waals surface area (Å²) in [6.07, 6.45) is 15.4. The number of fused-ring (bicyclic) bond motifs is 6. The lowest BCUT2D eigenvalue weighted by molar-refractivity contribution is -0.262. The SMILES string of the molecule is C=C1CC2CC[C@@]34C[C@H]5O[C@@H]6[C@@H](O[C@@H](C/C=C/CC(O)C[C@H]7C(C[C@H]8OC(CC[C@@H]1O2)C[C@@H](C)C8=C)O[C@H](C[C@H](C)CC)[C@@H]7C)C(C)[C@@H]6O3)[C@H]5O4. The van der Waals surface area contributed by atoms with Crippen molar-refractivity contribution >= 4 is 0 Å². The van der Waals surface area contributed by atoms with Crippen LogP contribution in [0.3, 0.4) is 0 Å². The molecule has 8 saturated heterocycles. The minimum Gasteiger partial charge on any atom is -0.393 e. The number of aliphatic hydroxyl groups excluding tert-OH is 1. The van der Waals surface area contributed by atoms with E-state index in [-0.39, 0.29) is 85.1 Å². The van der Waals surface area contributed by atoms with Gasteiger partial charge in [-0.15, -0.1) is 0 Å². The third kappa shape index (κ3) is 7.24. The molecule has 11 bridgehead atoms. The van der Waals surface area contributed by atoms with Crippen molar-refractivity contribution in [3.05, 3.63) is 36.5 Å². The summed E-state index contributed by atoms with van der Waals surface area (Å²) in [6.45, 7) is 20.5. The van der Waals surface area contributed by atoms with Crippen LogP contribution in [0, 0.1) is 29.6 Å². The minimum atomic E-state index is -0.650. The lowest BCUT2D eigenvalue weighted by Crippen LogP contribution is -2.54. The van der Waals surface area contributed by atoms with Gasteiger partial charge in [0.1, 0.15) is 18.3 Å². The summed E-state index contributed by atoms with van der Waals surface area (Å²) in [5.41, 5.74) is 2.39. The van der Waals surface area contributed by atoms with Crippen LogP contribution in [0.4, 0.5) is 0 Å². The average molecular weight is 711 g/mol. The number of hydrogen-bond acceptors (Lipinski definition) is 8. The molecular formula is C43H66O8. The van der Waals surface area contributed by atoms with Crippen LogP contribution in [0.25, 0.3) is 0 Å². The number of ether oxygens (including phenoxy) is 7. The van der Waals surface area contributed by atoms with E-state index in [0.29, 0.717) is 24.2 Å². The highest BCUT2D eigenvalue weighted by Crippen LogP contribution is 2.54. The maximum atomic E-state index is 11.5. The highest BCUT2D eigenvalue weighted by molar-refractivity contribution is 5.14. The first-order valence-electron chi connectivity index (χ1n) is 20.8. The maximum Gasteiger partial charge on any atom is 0.172 e. The lowest BCUT2D eigenvalue weighted by Gasteiger charge is -2.42. The van der Waals surface area contributed by atoms with Crippen LogP contribution in [0.2, 0.25) is 0 Å². The summed E-state index contributed by atoms with van der Waals surface area (Å²) >= 11 is 0. The van der Waals surface area contributed by atoms with Gasteiger partial charge in [-0.2, -0.15) is 0 Å². The number of aliphatic hydroxyl groups is 1. The third-order valence-corrected chi connectivity index (χ3v) is 14.6. The van der Waals surface area contributed by atoms with E-state index in [2.05, 4.69) is 59.9 Å². The first-order chi connectivity index (χ1) is 24.5. The zero-order valence-electron chi connectivity index (χ0n) is 32.0. The molecule has 0 amide bonds. The van der Waals surface area contributed by atoms with E-state index in [4.69, 9.17) is 33.2 Å². The monoisotopic (exact) mass is 710 g/mol. The Balaban J connectivity index is 1.02. The van der Waals surface area contributed by atoms with Crippen LogP contribution in [-0.2, 0) is 33.2 Å². The van der Waals surface area contributed by atoms with Crippen molar-refractivity contribution < 1.29 is 38.3 Å². The molecule has 0 radical (unpaired) electrons. The molecule has 0 aromatic rings. The molecule has 5 unspecified atom stereocenters. The zero-order chi connectivity index (χ0) is 35.6. The third-order valence-electron chi connectivity index (χ3n) is 14.6. The summed E-state index contributed by atoms with van der Waals surface area (Å²) in [5.74, 6) is 1.15. The van der Waals surface area contributed by atoms with Crippen molar-refractivity contribution in [3.63, 3.8) is 0 Å². The van der Waals surface area contributed by atoms with Crippen molar-refractivity contribution in [2.24, 2.45) is 29.6 Å². The summed E-state index contributed by atoms with van der Waals surface area (Å²) in [6, 6.07) is 0. The van der Waals surface area contributed by atoms with E-state index < -0.39 is 11.9 Å². The number of hydrogen-bond donors (Lipinski definition) is 1. The van der Waals surface area contributed by atoms with E-state index in [1.165, 1.54) is 11.1 Å². The van der Waals surface area contributed by atoms with Gasteiger partial charge in [0.15, 0.2) is 5.79 Å².